The molecule has 21 heavy (non-hydrogen) atoms. The molecule has 4 atom stereocenters. The van der Waals surface area contributed by atoms with E-state index in [9.17, 15) is 0 Å². The molecule has 4 heteroatoms. The summed E-state index contributed by atoms with van der Waals surface area (Å²) in [6.45, 7) is 0.855. The molecule has 2 unspecified atom stereocenters. The van der Waals surface area contributed by atoms with Gasteiger partial charge in [-0.15, -0.1) is 0 Å². The van der Waals surface area contributed by atoms with Crippen molar-refractivity contribution in [3.8, 4) is 0 Å². The van der Waals surface area contributed by atoms with E-state index in [1.54, 1.807) is 0 Å². The van der Waals surface area contributed by atoms with E-state index in [4.69, 9.17) is 4.74 Å². The van der Waals surface area contributed by atoms with Gasteiger partial charge in [-0.1, -0.05) is 12.8 Å². The Bertz CT molecular complexity index is 482. The van der Waals surface area contributed by atoms with Crippen LogP contribution in [0.1, 0.15) is 56.9 Å². The molecule has 0 radical (unpaired) electrons. The summed E-state index contributed by atoms with van der Waals surface area (Å²) in [4.78, 5) is 4.49. The zero-order valence-electron chi connectivity index (χ0n) is 13.0. The van der Waals surface area contributed by atoms with Gasteiger partial charge in [0, 0.05) is 38.1 Å². The highest BCUT2D eigenvalue weighted by atomic mass is 16.5. The van der Waals surface area contributed by atoms with Crippen LogP contribution in [0.5, 0.6) is 0 Å². The van der Waals surface area contributed by atoms with Crippen LogP contribution in [0, 0.1) is 11.8 Å². The lowest BCUT2D eigenvalue weighted by Crippen LogP contribution is -2.43. The first kappa shape index (κ1) is 13.8. The molecular weight excluding hydrogens is 262 g/mol. The predicted molar refractivity (Wildman–Crippen MR) is 81.9 cm³/mol. The molecular formula is C17H27N3O. The molecule has 2 saturated carbocycles. The van der Waals surface area contributed by atoms with Crippen LogP contribution >= 0.6 is 0 Å². The van der Waals surface area contributed by atoms with E-state index < -0.39 is 0 Å². The van der Waals surface area contributed by atoms with Crippen molar-refractivity contribution in [1.82, 2.24) is 14.9 Å². The zero-order chi connectivity index (χ0) is 14.2. The van der Waals surface area contributed by atoms with Gasteiger partial charge in [0.2, 0.25) is 0 Å². The standard InChI is InChI=1S/C17H27N3O/c1-20-9-8-18-17(20)16-15(7-10-21-16)19-14-4-2-3-13(11-14)12-5-6-12/h8-9,12-16,19H,2-7,10-11H2,1H3/t13?,14?,15-,16-/m0/s1. The van der Waals surface area contributed by atoms with E-state index in [2.05, 4.69) is 21.9 Å². The molecule has 116 valence electrons. The van der Waals surface area contributed by atoms with Crippen LogP contribution < -0.4 is 5.32 Å². The fourth-order valence-electron chi connectivity index (χ4n) is 4.34. The first-order valence-electron chi connectivity index (χ1n) is 8.66. The van der Waals surface area contributed by atoms with Crippen LogP contribution in [0.2, 0.25) is 0 Å². The zero-order valence-corrected chi connectivity index (χ0v) is 13.0. The van der Waals surface area contributed by atoms with Crippen LogP contribution in [0.15, 0.2) is 12.4 Å². The maximum Gasteiger partial charge on any atom is 0.139 e. The predicted octanol–water partition coefficient (Wildman–Crippen LogP) is 2.81. The highest BCUT2D eigenvalue weighted by molar-refractivity contribution is 5.03. The van der Waals surface area contributed by atoms with Gasteiger partial charge in [-0.25, -0.2) is 4.98 Å². The average molecular weight is 289 g/mol. The van der Waals surface area contributed by atoms with E-state index in [0.717, 1.165) is 30.7 Å². The minimum absolute atomic E-state index is 0.131. The van der Waals surface area contributed by atoms with Gasteiger partial charge in [0.15, 0.2) is 0 Å². The maximum absolute atomic E-state index is 5.97. The Kier molecular flexibility index (Phi) is 3.76. The van der Waals surface area contributed by atoms with E-state index in [1.165, 1.54) is 38.5 Å². The summed E-state index contributed by atoms with van der Waals surface area (Å²) in [5.41, 5.74) is 0. The van der Waals surface area contributed by atoms with E-state index >= 15 is 0 Å². The average Bonchev–Trinajstić information content (AvgIpc) is 3.12. The van der Waals surface area contributed by atoms with Crippen molar-refractivity contribution in [2.45, 2.75) is 63.1 Å². The highest BCUT2D eigenvalue weighted by Gasteiger charge is 2.38. The second kappa shape index (κ2) is 5.73. The molecule has 1 N–H and O–H groups in total. The summed E-state index contributed by atoms with van der Waals surface area (Å²) in [7, 11) is 2.06. The van der Waals surface area contributed by atoms with Gasteiger partial charge < -0.3 is 14.6 Å². The number of aromatic nitrogens is 2. The second-order valence-electron chi connectivity index (χ2n) is 7.21. The fraction of sp³-hybridized carbons (Fsp3) is 0.824. The molecule has 0 spiro atoms. The minimum Gasteiger partial charge on any atom is -0.369 e. The number of nitrogens with one attached hydrogen (secondary N) is 1. The second-order valence-corrected chi connectivity index (χ2v) is 7.21. The van der Waals surface area contributed by atoms with Crippen molar-refractivity contribution < 1.29 is 4.74 Å². The lowest BCUT2D eigenvalue weighted by Gasteiger charge is -2.33. The third kappa shape index (κ3) is 2.88. The summed E-state index contributed by atoms with van der Waals surface area (Å²) in [6, 6.07) is 1.13. The molecule has 0 bridgehead atoms. The van der Waals surface area contributed by atoms with Crippen LogP contribution in [0.4, 0.5) is 0 Å². The number of hydrogen-bond acceptors (Lipinski definition) is 3. The Morgan fingerprint density at radius 2 is 2.10 bits per heavy atom. The van der Waals surface area contributed by atoms with Gasteiger partial charge in [0.1, 0.15) is 11.9 Å². The number of nitrogens with zero attached hydrogens (tertiary/aromatic N) is 2. The summed E-state index contributed by atoms with van der Waals surface area (Å²) in [5.74, 6) is 3.12. The number of hydrogen-bond donors (Lipinski definition) is 1. The third-order valence-corrected chi connectivity index (χ3v) is 5.66. The summed E-state index contributed by atoms with van der Waals surface area (Å²) in [6.07, 6.45) is 13.7. The van der Waals surface area contributed by atoms with Gasteiger partial charge in [0.25, 0.3) is 0 Å². The first-order chi connectivity index (χ1) is 10.3. The lowest BCUT2D eigenvalue weighted by atomic mass is 9.82. The molecule has 3 fully saturated rings. The molecule has 4 rings (SSSR count). The Hall–Kier alpha value is -0.870. The van der Waals surface area contributed by atoms with Gasteiger partial charge in [-0.3, -0.25) is 0 Å². The monoisotopic (exact) mass is 289 g/mol. The minimum atomic E-state index is 0.131. The maximum atomic E-state index is 5.97. The van der Waals surface area contributed by atoms with Crippen molar-refractivity contribution in [3.63, 3.8) is 0 Å². The molecule has 4 nitrogen and oxygen atoms in total. The van der Waals surface area contributed by atoms with Gasteiger partial charge in [-0.2, -0.15) is 0 Å². The molecule has 0 aromatic carbocycles. The molecule has 2 heterocycles. The highest BCUT2D eigenvalue weighted by Crippen LogP contribution is 2.44. The van der Waals surface area contributed by atoms with Crippen molar-refractivity contribution in [2.24, 2.45) is 18.9 Å². The van der Waals surface area contributed by atoms with Crippen molar-refractivity contribution >= 4 is 0 Å². The summed E-state index contributed by atoms with van der Waals surface area (Å²) >= 11 is 0. The normalized spacial score (nSPS) is 37.0. The lowest BCUT2D eigenvalue weighted by molar-refractivity contribution is 0.0842. The van der Waals surface area contributed by atoms with E-state index in [1.807, 2.05) is 12.4 Å². The number of aryl methyl sites for hydroxylation is 1. The SMILES string of the molecule is Cn1ccnc1[C@H]1OCC[C@@H]1NC1CCCC(C2CC2)C1. The molecule has 0 amide bonds. The Morgan fingerprint density at radius 1 is 1.19 bits per heavy atom. The quantitative estimate of drug-likeness (QED) is 0.926. The molecule has 1 aliphatic heterocycles. The fourth-order valence-corrected chi connectivity index (χ4v) is 4.34. The smallest absolute Gasteiger partial charge is 0.139 e. The Morgan fingerprint density at radius 3 is 2.86 bits per heavy atom. The first-order valence-corrected chi connectivity index (χ1v) is 8.66. The number of imidazole rings is 1. The molecule has 3 aliphatic rings. The summed E-state index contributed by atoms with van der Waals surface area (Å²) in [5, 5.41) is 3.92. The number of rotatable bonds is 4. The van der Waals surface area contributed by atoms with Gasteiger partial charge in [-0.05, 0) is 43.9 Å². The molecule has 1 aromatic rings. The van der Waals surface area contributed by atoms with Crippen LogP contribution in [-0.2, 0) is 11.8 Å². The van der Waals surface area contributed by atoms with E-state index in [0.29, 0.717) is 12.1 Å². The van der Waals surface area contributed by atoms with Gasteiger partial charge in [0.05, 0.1) is 0 Å². The molecule has 2 aliphatic carbocycles. The summed E-state index contributed by atoms with van der Waals surface area (Å²) < 4.78 is 8.07. The van der Waals surface area contributed by atoms with Crippen LogP contribution in [0.25, 0.3) is 0 Å². The van der Waals surface area contributed by atoms with Crippen molar-refractivity contribution in [3.05, 3.63) is 18.2 Å². The Labute approximate surface area is 127 Å². The number of ether oxygens (including phenoxy) is 1. The molecule has 1 saturated heterocycles. The largest absolute Gasteiger partial charge is 0.369 e. The Balaban J connectivity index is 1.40. The third-order valence-electron chi connectivity index (χ3n) is 5.66. The van der Waals surface area contributed by atoms with Gasteiger partial charge >= 0.3 is 0 Å². The molecule has 1 aromatic heterocycles. The van der Waals surface area contributed by atoms with Crippen LogP contribution in [-0.4, -0.2) is 28.2 Å². The van der Waals surface area contributed by atoms with Crippen molar-refractivity contribution in [2.75, 3.05) is 6.61 Å². The topological polar surface area (TPSA) is 39.1 Å². The van der Waals surface area contributed by atoms with E-state index in [-0.39, 0.29) is 6.10 Å². The van der Waals surface area contributed by atoms with Crippen molar-refractivity contribution in [1.29, 1.82) is 0 Å². The van der Waals surface area contributed by atoms with Crippen LogP contribution in [0.3, 0.4) is 0 Å².